The van der Waals surface area contributed by atoms with Gasteiger partial charge in [0.25, 0.3) is 0 Å². The second-order valence-electron chi connectivity index (χ2n) is 7.26. The summed E-state index contributed by atoms with van der Waals surface area (Å²) < 4.78 is 0. The highest BCUT2D eigenvalue weighted by molar-refractivity contribution is 5.87. The lowest BCUT2D eigenvalue weighted by molar-refractivity contribution is 0.125. The van der Waals surface area contributed by atoms with Gasteiger partial charge >= 0.3 is 6.09 Å². The highest BCUT2D eigenvalue weighted by Crippen LogP contribution is 2.34. The van der Waals surface area contributed by atoms with E-state index < -0.39 is 6.09 Å². The van der Waals surface area contributed by atoms with Crippen LogP contribution in [0, 0.1) is 0 Å². The average molecular weight is 373 g/mol. The number of hydrogen-bond acceptors (Lipinski definition) is 2. The molecule has 4 nitrogen and oxygen atoms in total. The smallest absolute Gasteiger partial charge is 0.407 e. The highest BCUT2D eigenvalue weighted by atomic mass is 16.4. The van der Waals surface area contributed by atoms with Crippen molar-refractivity contribution in [3.05, 3.63) is 89.5 Å². The van der Waals surface area contributed by atoms with E-state index in [2.05, 4.69) is 30.3 Å². The molecule has 2 N–H and O–H groups in total. The Morgan fingerprint density at radius 3 is 2.39 bits per heavy atom. The van der Waals surface area contributed by atoms with Gasteiger partial charge in [0.2, 0.25) is 0 Å². The van der Waals surface area contributed by atoms with E-state index in [0.717, 1.165) is 27.7 Å². The third-order valence-electron chi connectivity index (χ3n) is 5.52. The molecule has 0 saturated carbocycles. The summed E-state index contributed by atoms with van der Waals surface area (Å²) in [4.78, 5) is 13.3. The van der Waals surface area contributed by atoms with Crippen LogP contribution < -0.4 is 0 Å². The summed E-state index contributed by atoms with van der Waals surface area (Å²) >= 11 is 0. The minimum atomic E-state index is -0.940. The van der Waals surface area contributed by atoms with Crippen LogP contribution in [-0.4, -0.2) is 40.4 Å². The molecule has 0 fully saturated rings. The van der Waals surface area contributed by atoms with Crippen LogP contribution in [0.1, 0.15) is 17.5 Å². The highest BCUT2D eigenvalue weighted by Gasteiger charge is 2.31. The van der Waals surface area contributed by atoms with Gasteiger partial charge in [0.1, 0.15) is 0 Å². The maximum absolute atomic E-state index is 11.9. The molecule has 0 aromatic heterocycles. The molecule has 1 amide bonds. The van der Waals surface area contributed by atoms with Gasteiger partial charge < -0.3 is 15.1 Å². The van der Waals surface area contributed by atoms with Crippen molar-refractivity contribution in [2.75, 3.05) is 13.2 Å². The number of amides is 1. The van der Waals surface area contributed by atoms with Crippen LogP contribution in [0.3, 0.4) is 0 Å². The Hall–Kier alpha value is -3.11. The largest absolute Gasteiger partial charge is 0.465 e. The number of aliphatic hydroxyl groups is 1. The number of hydrogen-bond donors (Lipinski definition) is 2. The van der Waals surface area contributed by atoms with E-state index in [4.69, 9.17) is 0 Å². The first-order valence-corrected chi connectivity index (χ1v) is 9.50. The minimum absolute atomic E-state index is 0.135. The summed E-state index contributed by atoms with van der Waals surface area (Å²) in [5, 5.41) is 22.0. The second kappa shape index (κ2) is 7.87. The van der Waals surface area contributed by atoms with Gasteiger partial charge in [-0.05, 0) is 52.0 Å². The monoisotopic (exact) mass is 373 g/mol. The minimum Gasteiger partial charge on any atom is -0.465 e. The lowest BCUT2D eigenvalue weighted by atomic mass is 9.86. The maximum atomic E-state index is 11.9. The number of carbonyl (C=O) groups is 1. The Kier molecular flexibility index (Phi) is 5.13. The van der Waals surface area contributed by atoms with Crippen LogP contribution in [0.5, 0.6) is 0 Å². The third-order valence-corrected chi connectivity index (χ3v) is 5.52. The zero-order chi connectivity index (χ0) is 19.5. The van der Waals surface area contributed by atoms with Crippen molar-refractivity contribution in [1.29, 1.82) is 0 Å². The molecule has 1 heterocycles. The molecule has 3 aromatic carbocycles. The fourth-order valence-corrected chi connectivity index (χ4v) is 4.06. The fraction of sp³-hybridized carbons (Fsp3) is 0.208. The normalized spacial score (nSPS) is 17.2. The number of carboxylic acid groups (broad SMARTS) is 1. The van der Waals surface area contributed by atoms with Crippen molar-refractivity contribution < 1.29 is 15.0 Å². The van der Waals surface area contributed by atoms with Crippen LogP contribution in [0.15, 0.2) is 78.4 Å². The van der Waals surface area contributed by atoms with Crippen LogP contribution in [0.4, 0.5) is 4.79 Å². The van der Waals surface area contributed by atoms with Crippen molar-refractivity contribution >= 4 is 22.4 Å². The summed E-state index contributed by atoms with van der Waals surface area (Å²) in [6.07, 6.45) is 0.308. The van der Waals surface area contributed by atoms with Gasteiger partial charge in [0, 0.05) is 12.6 Å². The predicted octanol–water partition coefficient (Wildman–Crippen LogP) is 4.58. The molecule has 1 atom stereocenters. The van der Waals surface area contributed by atoms with E-state index in [0.29, 0.717) is 12.8 Å². The standard InChI is InChI=1S/C24H23NO3/c26-16-21-15-25(24(27)28)22(12-17-6-2-1-3-7-17)14-23(21)20-11-10-18-8-4-5-9-19(18)13-20/h1-11,13,22,26H,12,14-16H2,(H,27,28). The van der Waals surface area contributed by atoms with Crippen molar-refractivity contribution in [2.45, 2.75) is 18.9 Å². The zero-order valence-corrected chi connectivity index (χ0v) is 15.6. The van der Waals surface area contributed by atoms with Gasteiger partial charge in [-0.15, -0.1) is 0 Å². The molecule has 1 aliphatic heterocycles. The molecule has 1 unspecified atom stereocenters. The molecule has 1 aliphatic rings. The van der Waals surface area contributed by atoms with Crippen molar-refractivity contribution in [3.8, 4) is 0 Å². The first-order valence-electron chi connectivity index (χ1n) is 9.50. The van der Waals surface area contributed by atoms with Gasteiger partial charge in [-0.3, -0.25) is 0 Å². The van der Waals surface area contributed by atoms with E-state index in [-0.39, 0.29) is 19.2 Å². The topological polar surface area (TPSA) is 60.8 Å². The number of nitrogens with zero attached hydrogens (tertiary/aromatic N) is 1. The van der Waals surface area contributed by atoms with Crippen LogP contribution in [-0.2, 0) is 6.42 Å². The molecule has 28 heavy (non-hydrogen) atoms. The molecular weight excluding hydrogens is 350 g/mol. The molecule has 4 heteroatoms. The molecule has 0 saturated heterocycles. The summed E-state index contributed by atoms with van der Waals surface area (Å²) in [6, 6.07) is 24.3. The number of benzene rings is 3. The Morgan fingerprint density at radius 2 is 1.68 bits per heavy atom. The SMILES string of the molecule is O=C(O)N1CC(CO)=C(c2ccc3ccccc3c2)CC1Cc1ccccc1. The van der Waals surface area contributed by atoms with Crippen molar-refractivity contribution in [3.63, 3.8) is 0 Å². The first-order chi connectivity index (χ1) is 13.7. The van der Waals surface area contributed by atoms with Gasteiger partial charge in [0.05, 0.1) is 6.61 Å². The molecule has 0 spiro atoms. The third kappa shape index (κ3) is 3.64. The molecule has 0 radical (unpaired) electrons. The fourth-order valence-electron chi connectivity index (χ4n) is 4.06. The molecular formula is C24H23NO3. The van der Waals surface area contributed by atoms with Crippen LogP contribution >= 0.6 is 0 Å². The second-order valence-corrected chi connectivity index (χ2v) is 7.26. The average Bonchev–Trinajstić information content (AvgIpc) is 2.73. The quantitative estimate of drug-likeness (QED) is 0.704. The van der Waals surface area contributed by atoms with E-state index in [9.17, 15) is 15.0 Å². The Morgan fingerprint density at radius 1 is 0.964 bits per heavy atom. The van der Waals surface area contributed by atoms with Crippen LogP contribution in [0.25, 0.3) is 16.3 Å². The molecule has 4 rings (SSSR count). The van der Waals surface area contributed by atoms with Crippen molar-refractivity contribution in [1.82, 2.24) is 4.90 Å². The van der Waals surface area contributed by atoms with E-state index in [1.165, 1.54) is 10.3 Å². The predicted molar refractivity (Wildman–Crippen MR) is 111 cm³/mol. The zero-order valence-electron chi connectivity index (χ0n) is 15.6. The summed E-state index contributed by atoms with van der Waals surface area (Å²) in [7, 11) is 0. The van der Waals surface area contributed by atoms with Crippen LogP contribution in [0.2, 0.25) is 0 Å². The number of aliphatic hydroxyl groups excluding tert-OH is 1. The van der Waals surface area contributed by atoms with E-state index in [1.807, 2.05) is 42.5 Å². The van der Waals surface area contributed by atoms with Gasteiger partial charge in [-0.1, -0.05) is 66.7 Å². The lowest BCUT2D eigenvalue weighted by Crippen LogP contribution is -2.45. The Balaban J connectivity index is 1.72. The van der Waals surface area contributed by atoms with Gasteiger partial charge in [0.15, 0.2) is 0 Å². The maximum Gasteiger partial charge on any atom is 0.407 e. The summed E-state index contributed by atoms with van der Waals surface area (Å²) in [5.41, 5.74) is 4.02. The van der Waals surface area contributed by atoms with Gasteiger partial charge in [-0.2, -0.15) is 0 Å². The molecule has 142 valence electrons. The van der Waals surface area contributed by atoms with Gasteiger partial charge in [-0.25, -0.2) is 4.79 Å². The first kappa shape index (κ1) is 18.3. The van der Waals surface area contributed by atoms with E-state index in [1.54, 1.807) is 0 Å². The summed E-state index contributed by atoms with van der Waals surface area (Å²) in [5.74, 6) is 0. The lowest BCUT2D eigenvalue weighted by Gasteiger charge is -2.36. The molecule has 3 aromatic rings. The Bertz CT molecular complexity index is 1030. The molecule has 0 bridgehead atoms. The van der Waals surface area contributed by atoms with E-state index >= 15 is 0 Å². The molecule has 0 aliphatic carbocycles. The number of rotatable bonds is 4. The van der Waals surface area contributed by atoms with Crippen molar-refractivity contribution in [2.24, 2.45) is 0 Å². The Labute approximate surface area is 164 Å². The number of fused-ring (bicyclic) bond motifs is 1. The summed E-state index contributed by atoms with van der Waals surface area (Å²) in [6.45, 7) is 0.107.